The summed E-state index contributed by atoms with van der Waals surface area (Å²) < 4.78 is 33.7. The van der Waals surface area contributed by atoms with Crippen molar-refractivity contribution in [3.05, 3.63) is 29.8 Å². The highest BCUT2D eigenvalue weighted by atomic mass is 32.1. The number of imidazole rings is 1. The zero-order chi connectivity index (χ0) is 17.9. The van der Waals surface area contributed by atoms with E-state index >= 15 is 0 Å². The van der Waals surface area contributed by atoms with Crippen LogP contribution in [-0.4, -0.2) is 37.7 Å². The number of alkyl halides is 3. The molecule has 1 fully saturated rings. The number of nitrogens with one attached hydrogen (secondary N) is 1. The van der Waals surface area contributed by atoms with Crippen molar-refractivity contribution in [2.24, 2.45) is 13.0 Å². The van der Waals surface area contributed by atoms with Gasteiger partial charge in [0.25, 0.3) is 0 Å². The van der Waals surface area contributed by atoms with Crippen LogP contribution in [0.25, 0.3) is 0 Å². The van der Waals surface area contributed by atoms with E-state index in [9.17, 15) is 18.0 Å². The molecule has 0 aliphatic heterocycles. The third-order valence-corrected chi connectivity index (χ3v) is 3.95. The Hall–Kier alpha value is -2.43. The predicted molar refractivity (Wildman–Crippen MR) is 78.5 cm³/mol. The summed E-state index contributed by atoms with van der Waals surface area (Å²) in [6.45, 7) is 0. The van der Waals surface area contributed by atoms with E-state index < -0.39 is 12.1 Å². The number of hydrogen-bond donors (Lipinski definition) is 2. The van der Waals surface area contributed by atoms with Crippen molar-refractivity contribution in [1.82, 2.24) is 14.5 Å². The van der Waals surface area contributed by atoms with E-state index in [1.807, 2.05) is 23.2 Å². The van der Waals surface area contributed by atoms with Gasteiger partial charge in [-0.05, 0) is 6.42 Å². The third kappa shape index (κ3) is 4.54. The largest absolute Gasteiger partial charge is 0.490 e. The zero-order valence-corrected chi connectivity index (χ0v) is 13.1. The summed E-state index contributed by atoms with van der Waals surface area (Å²) in [5, 5.41) is 12.5. The van der Waals surface area contributed by atoms with Gasteiger partial charge in [-0.25, -0.2) is 14.8 Å². The average molecular weight is 362 g/mol. The van der Waals surface area contributed by atoms with Gasteiger partial charge in [-0.1, -0.05) is 0 Å². The Morgan fingerprint density at radius 3 is 2.58 bits per heavy atom. The van der Waals surface area contributed by atoms with Crippen LogP contribution in [0.3, 0.4) is 0 Å². The van der Waals surface area contributed by atoms with Crippen molar-refractivity contribution >= 4 is 28.3 Å². The number of carbonyl (C=O) groups is 2. The summed E-state index contributed by atoms with van der Waals surface area (Å²) in [7, 11) is 1.95. The molecule has 2 aromatic heterocycles. The molecular weight excluding hydrogens is 349 g/mol. The molecule has 0 radical (unpaired) electrons. The second kappa shape index (κ2) is 6.99. The van der Waals surface area contributed by atoms with E-state index in [4.69, 9.17) is 9.90 Å². The van der Waals surface area contributed by atoms with Gasteiger partial charge in [0.15, 0.2) is 5.13 Å². The Morgan fingerprint density at radius 1 is 1.46 bits per heavy atom. The second-order valence-corrected chi connectivity index (χ2v) is 5.90. The molecule has 0 saturated heterocycles. The minimum absolute atomic E-state index is 0.0613. The predicted octanol–water partition coefficient (Wildman–Crippen LogP) is 2.25. The molecular formula is C13H13F3N4O3S. The molecule has 2 N–H and O–H groups in total. The molecule has 1 aliphatic carbocycles. The van der Waals surface area contributed by atoms with Gasteiger partial charge in [-0.3, -0.25) is 4.79 Å². The first kappa shape index (κ1) is 17.9. The van der Waals surface area contributed by atoms with E-state index in [1.54, 1.807) is 12.5 Å². The molecule has 1 aliphatic rings. The van der Waals surface area contributed by atoms with Crippen molar-refractivity contribution in [3.8, 4) is 0 Å². The number of rotatable bonds is 3. The van der Waals surface area contributed by atoms with Crippen molar-refractivity contribution in [3.63, 3.8) is 0 Å². The number of aryl methyl sites for hydroxylation is 1. The summed E-state index contributed by atoms with van der Waals surface area (Å²) in [5.41, 5.74) is 1.13. The van der Waals surface area contributed by atoms with Gasteiger partial charge >= 0.3 is 12.1 Å². The van der Waals surface area contributed by atoms with Crippen LogP contribution in [0, 0.1) is 5.92 Å². The molecule has 1 amide bonds. The molecule has 0 bridgehead atoms. The fourth-order valence-corrected chi connectivity index (χ4v) is 2.55. The van der Waals surface area contributed by atoms with Crippen molar-refractivity contribution < 1.29 is 27.9 Å². The lowest BCUT2D eigenvalue weighted by Crippen LogP contribution is -2.21. The summed E-state index contributed by atoms with van der Waals surface area (Å²) in [6, 6.07) is 0. The number of aromatic nitrogens is 3. The summed E-state index contributed by atoms with van der Waals surface area (Å²) in [4.78, 5) is 28.9. The number of aliphatic carboxylic acids is 1. The highest BCUT2D eigenvalue weighted by Crippen LogP contribution is 2.47. The van der Waals surface area contributed by atoms with Crippen LogP contribution in [0.5, 0.6) is 0 Å². The van der Waals surface area contributed by atoms with Crippen molar-refractivity contribution in [2.45, 2.75) is 18.5 Å². The Labute approximate surface area is 138 Å². The maximum atomic E-state index is 11.9. The monoisotopic (exact) mass is 362 g/mol. The Balaban J connectivity index is 0.000000256. The average Bonchev–Trinajstić information content (AvgIpc) is 2.89. The van der Waals surface area contributed by atoms with Gasteiger partial charge in [0, 0.05) is 42.4 Å². The van der Waals surface area contributed by atoms with Crippen LogP contribution < -0.4 is 5.32 Å². The lowest BCUT2D eigenvalue weighted by Gasteiger charge is -2.01. The van der Waals surface area contributed by atoms with Crippen LogP contribution in [0.4, 0.5) is 18.3 Å². The third-order valence-electron chi connectivity index (χ3n) is 3.27. The normalized spacial score (nSPS) is 19.2. The van der Waals surface area contributed by atoms with Crippen LogP contribution >= 0.6 is 11.3 Å². The molecule has 7 nitrogen and oxygen atoms in total. The van der Waals surface area contributed by atoms with Gasteiger partial charge in [0.05, 0.1) is 6.33 Å². The van der Waals surface area contributed by atoms with Gasteiger partial charge < -0.3 is 15.0 Å². The molecule has 130 valence electrons. The molecule has 0 aromatic carbocycles. The minimum atomic E-state index is -5.08. The number of carbonyl (C=O) groups excluding carboxylic acids is 1. The van der Waals surface area contributed by atoms with E-state index in [0.29, 0.717) is 11.0 Å². The molecule has 11 heteroatoms. The number of thiazole rings is 1. The fourth-order valence-electron chi connectivity index (χ4n) is 2.02. The second-order valence-electron chi connectivity index (χ2n) is 5.01. The minimum Gasteiger partial charge on any atom is -0.475 e. The van der Waals surface area contributed by atoms with Crippen molar-refractivity contribution in [2.75, 3.05) is 5.32 Å². The number of carboxylic acids is 1. The standard InChI is InChI=1S/C11H12N4OS.C2HF3O2/c1-15-6-12-5-9(15)7-4-8(7)10(16)14-11-13-2-3-17-11;3-2(4,5)1(6)7/h2-3,5-8H,4H2,1H3,(H,13,14,16);(H,6,7)/t7-,8-;/m1./s1. The fraction of sp³-hybridized carbons (Fsp3) is 0.385. The summed E-state index contributed by atoms with van der Waals surface area (Å²) in [6.07, 6.45) is 1.10. The molecule has 2 heterocycles. The molecule has 0 unspecified atom stereocenters. The SMILES string of the molecule is Cn1cncc1[C@@H]1C[C@H]1C(=O)Nc1nccs1.O=C(O)C(F)(F)F. The van der Waals surface area contributed by atoms with E-state index in [0.717, 1.165) is 12.1 Å². The Bertz CT molecular complexity index is 714. The molecule has 1 saturated carbocycles. The molecule has 24 heavy (non-hydrogen) atoms. The lowest BCUT2D eigenvalue weighted by molar-refractivity contribution is -0.192. The first-order valence-electron chi connectivity index (χ1n) is 6.67. The number of halogens is 3. The van der Waals surface area contributed by atoms with Crippen LogP contribution in [0.15, 0.2) is 24.1 Å². The number of carboxylic acid groups (broad SMARTS) is 1. The smallest absolute Gasteiger partial charge is 0.475 e. The number of nitrogens with zero attached hydrogens (tertiary/aromatic N) is 3. The Morgan fingerprint density at radius 2 is 2.12 bits per heavy atom. The van der Waals surface area contributed by atoms with Crippen molar-refractivity contribution in [1.29, 1.82) is 0 Å². The topological polar surface area (TPSA) is 97.1 Å². The zero-order valence-electron chi connectivity index (χ0n) is 12.3. The van der Waals surface area contributed by atoms with E-state index in [2.05, 4.69) is 15.3 Å². The molecule has 3 rings (SSSR count). The summed E-state index contributed by atoms with van der Waals surface area (Å²) in [5.74, 6) is -2.32. The maximum Gasteiger partial charge on any atom is 0.490 e. The molecule has 2 atom stereocenters. The van der Waals surface area contributed by atoms with E-state index in [1.165, 1.54) is 11.3 Å². The number of anilines is 1. The van der Waals surface area contributed by atoms with Crippen LogP contribution in [0.1, 0.15) is 18.0 Å². The highest BCUT2D eigenvalue weighted by Gasteiger charge is 2.45. The van der Waals surface area contributed by atoms with Crippen LogP contribution in [-0.2, 0) is 16.6 Å². The first-order valence-corrected chi connectivity index (χ1v) is 7.54. The maximum absolute atomic E-state index is 11.9. The number of hydrogen-bond acceptors (Lipinski definition) is 5. The summed E-state index contributed by atoms with van der Waals surface area (Å²) >= 11 is 1.44. The van der Waals surface area contributed by atoms with Gasteiger partial charge in [-0.15, -0.1) is 11.3 Å². The van der Waals surface area contributed by atoms with Gasteiger partial charge in [0.2, 0.25) is 5.91 Å². The lowest BCUT2D eigenvalue weighted by atomic mass is 10.2. The molecule has 2 aromatic rings. The molecule has 0 spiro atoms. The van der Waals surface area contributed by atoms with Crippen LogP contribution in [0.2, 0.25) is 0 Å². The first-order chi connectivity index (χ1) is 11.2. The number of amides is 1. The highest BCUT2D eigenvalue weighted by molar-refractivity contribution is 7.13. The Kier molecular flexibility index (Phi) is 5.22. The van der Waals surface area contributed by atoms with Gasteiger partial charge in [0.1, 0.15) is 0 Å². The van der Waals surface area contributed by atoms with E-state index in [-0.39, 0.29) is 11.8 Å². The quantitative estimate of drug-likeness (QED) is 0.873. The van der Waals surface area contributed by atoms with Gasteiger partial charge in [-0.2, -0.15) is 13.2 Å².